The molecule has 0 unspecified atom stereocenters. The van der Waals surface area contributed by atoms with Crippen LogP contribution in [0.2, 0.25) is 0 Å². The molecule has 0 radical (unpaired) electrons. The van der Waals surface area contributed by atoms with E-state index in [1.54, 1.807) is 17.2 Å². The van der Waals surface area contributed by atoms with Gasteiger partial charge in [0, 0.05) is 24.8 Å². The minimum atomic E-state index is -0.505. The van der Waals surface area contributed by atoms with Crippen molar-refractivity contribution in [3.63, 3.8) is 0 Å². The van der Waals surface area contributed by atoms with E-state index in [-0.39, 0.29) is 17.4 Å². The van der Waals surface area contributed by atoms with Crippen LogP contribution in [-0.4, -0.2) is 34.5 Å². The maximum atomic E-state index is 12.0. The summed E-state index contributed by atoms with van der Waals surface area (Å²) >= 11 is 0. The summed E-state index contributed by atoms with van der Waals surface area (Å²) in [5, 5.41) is 23.7. The molecule has 132 valence electrons. The first-order valence-electron chi connectivity index (χ1n) is 8.34. The van der Waals surface area contributed by atoms with E-state index >= 15 is 0 Å². The van der Waals surface area contributed by atoms with Crippen molar-refractivity contribution in [3.8, 4) is 11.5 Å². The van der Waals surface area contributed by atoms with Crippen molar-refractivity contribution in [1.82, 2.24) is 5.06 Å². The van der Waals surface area contributed by atoms with Gasteiger partial charge in [0.1, 0.15) is 11.5 Å². The number of nitrogens with one attached hydrogen (secondary N) is 1. The molecule has 0 aliphatic carbocycles. The number of rotatable bonds is 3. The van der Waals surface area contributed by atoms with Gasteiger partial charge in [-0.15, -0.1) is 5.06 Å². The van der Waals surface area contributed by atoms with E-state index in [0.29, 0.717) is 18.8 Å². The fraction of sp³-hybridized carbons (Fsp3) is 0.316. The molecule has 1 saturated heterocycles. The monoisotopic (exact) mass is 342 g/mol. The minimum Gasteiger partial charge on any atom is -0.508 e. The molecule has 0 atom stereocenters. The van der Waals surface area contributed by atoms with Crippen LogP contribution in [0, 0.1) is 6.92 Å². The minimum absolute atomic E-state index is 0.0507. The largest absolute Gasteiger partial charge is 0.508 e. The predicted octanol–water partition coefficient (Wildman–Crippen LogP) is 3.75. The number of carbonyl (C=O) groups is 1. The van der Waals surface area contributed by atoms with Gasteiger partial charge in [-0.3, -0.25) is 5.32 Å². The van der Waals surface area contributed by atoms with Crippen LogP contribution in [0.1, 0.15) is 29.9 Å². The highest BCUT2D eigenvalue weighted by Gasteiger charge is 2.25. The number of hydroxylamine groups is 2. The fourth-order valence-electron chi connectivity index (χ4n) is 3.03. The van der Waals surface area contributed by atoms with Crippen LogP contribution in [0.4, 0.5) is 10.5 Å². The Bertz CT molecular complexity index is 738. The lowest BCUT2D eigenvalue weighted by atomic mass is 9.89. The number of nitrogens with zero attached hydrogens (tertiary/aromatic N) is 1. The molecule has 2 aromatic rings. The molecule has 25 heavy (non-hydrogen) atoms. The lowest BCUT2D eigenvalue weighted by Crippen LogP contribution is -2.36. The smallest absolute Gasteiger partial charge is 0.430 e. The van der Waals surface area contributed by atoms with Crippen molar-refractivity contribution in [2.45, 2.75) is 25.7 Å². The van der Waals surface area contributed by atoms with Gasteiger partial charge in [-0.05, 0) is 49.4 Å². The van der Waals surface area contributed by atoms with Gasteiger partial charge in [-0.2, -0.15) is 0 Å². The molecule has 1 aliphatic rings. The molecule has 1 fully saturated rings. The Morgan fingerprint density at radius 1 is 1.12 bits per heavy atom. The summed E-state index contributed by atoms with van der Waals surface area (Å²) in [7, 11) is 0. The van der Waals surface area contributed by atoms with Crippen LogP contribution in [0.3, 0.4) is 0 Å². The first-order valence-corrected chi connectivity index (χ1v) is 8.34. The van der Waals surface area contributed by atoms with Crippen LogP contribution < -0.4 is 5.32 Å². The van der Waals surface area contributed by atoms with Gasteiger partial charge in [0.15, 0.2) is 0 Å². The lowest BCUT2D eigenvalue weighted by molar-refractivity contribution is -0.108. The zero-order valence-electron chi connectivity index (χ0n) is 14.1. The van der Waals surface area contributed by atoms with E-state index in [1.165, 1.54) is 6.07 Å². The number of phenols is 2. The number of hydrogen-bond acceptors (Lipinski definition) is 5. The average molecular weight is 342 g/mol. The topological polar surface area (TPSA) is 82.0 Å². The van der Waals surface area contributed by atoms with Crippen LogP contribution in [0.25, 0.3) is 0 Å². The molecule has 0 spiro atoms. The van der Waals surface area contributed by atoms with E-state index in [9.17, 15) is 15.0 Å². The summed E-state index contributed by atoms with van der Waals surface area (Å²) < 4.78 is 0. The highest BCUT2D eigenvalue weighted by atomic mass is 16.7. The second kappa shape index (κ2) is 7.44. The molecular weight excluding hydrogens is 320 g/mol. The molecule has 0 bridgehead atoms. The lowest BCUT2D eigenvalue weighted by Gasteiger charge is -2.30. The number of carbonyl (C=O) groups excluding carboxylic acids is 1. The van der Waals surface area contributed by atoms with Crippen LogP contribution in [0.5, 0.6) is 11.5 Å². The first-order chi connectivity index (χ1) is 12.0. The van der Waals surface area contributed by atoms with Crippen LogP contribution in [0.15, 0.2) is 42.5 Å². The molecule has 1 aliphatic heterocycles. The second-order valence-corrected chi connectivity index (χ2v) is 6.32. The van der Waals surface area contributed by atoms with Gasteiger partial charge in [0.05, 0.1) is 0 Å². The number of aryl methyl sites for hydroxylation is 1. The van der Waals surface area contributed by atoms with Crippen LogP contribution in [-0.2, 0) is 4.84 Å². The van der Waals surface area contributed by atoms with Crippen molar-refractivity contribution in [1.29, 1.82) is 0 Å². The summed E-state index contributed by atoms with van der Waals surface area (Å²) in [6.45, 7) is 3.16. The molecule has 1 heterocycles. The van der Waals surface area contributed by atoms with Gasteiger partial charge in [-0.25, -0.2) is 4.79 Å². The van der Waals surface area contributed by atoms with E-state index in [1.807, 2.05) is 31.2 Å². The Labute approximate surface area is 146 Å². The third kappa shape index (κ3) is 4.42. The van der Waals surface area contributed by atoms with Crippen molar-refractivity contribution >= 4 is 11.8 Å². The maximum Gasteiger partial charge on any atom is 0.430 e. The van der Waals surface area contributed by atoms with Crippen molar-refractivity contribution in [3.05, 3.63) is 53.6 Å². The number of benzene rings is 2. The number of phenolic OH excluding ortho intramolecular Hbond substituents is 2. The molecule has 3 rings (SSSR count). The Kier molecular flexibility index (Phi) is 5.09. The Morgan fingerprint density at radius 2 is 1.80 bits per heavy atom. The summed E-state index contributed by atoms with van der Waals surface area (Å²) in [4.78, 5) is 17.3. The van der Waals surface area contributed by atoms with Crippen molar-refractivity contribution in [2.75, 3.05) is 18.4 Å². The third-order valence-electron chi connectivity index (χ3n) is 4.42. The zero-order valence-corrected chi connectivity index (χ0v) is 14.1. The molecule has 6 heteroatoms. The standard InChI is InChI=1S/C19H22N2O4/c1-13-2-4-15(5-3-13)20-19(24)25-21-10-8-14(9-11-21)17-7-6-16(22)12-18(17)23/h2-7,12,14,22-23H,8-11H2,1H3,(H,20,24). The van der Waals surface area contributed by atoms with E-state index in [2.05, 4.69) is 5.32 Å². The molecule has 2 aromatic carbocycles. The Hall–Kier alpha value is -2.73. The highest BCUT2D eigenvalue weighted by Crippen LogP contribution is 2.35. The third-order valence-corrected chi connectivity index (χ3v) is 4.42. The van der Waals surface area contributed by atoms with Gasteiger partial charge < -0.3 is 15.1 Å². The number of amides is 1. The van der Waals surface area contributed by atoms with Crippen molar-refractivity contribution in [2.24, 2.45) is 0 Å². The SMILES string of the molecule is Cc1ccc(NC(=O)ON2CCC(c3ccc(O)cc3O)CC2)cc1. The Balaban J connectivity index is 1.50. The number of anilines is 1. The number of hydrogen-bond donors (Lipinski definition) is 3. The average Bonchev–Trinajstić information content (AvgIpc) is 2.58. The van der Waals surface area contributed by atoms with Gasteiger partial charge >= 0.3 is 6.09 Å². The number of aromatic hydroxyl groups is 2. The van der Waals surface area contributed by atoms with Gasteiger partial charge in [0.25, 0.3) is 0 Å². The molecular formula is C19H22N2O4. The zero-order chi connectivity index (χ0) is 17.8. The summed E-state index contributed by atoms with van der Waals surface area (Å²) in [5.41, 5.74) is 2.64. The van der Waals surface area contributed by atoms with Gasteiger partial charge in [0.2, 0.25) is 0 Å². The highest BCUT2D eigenvalue weighted by molar-refractivity contribution is 5.84. The summed E-state index contributed by atoms with van der Waals surface area (Å²) in [5.74, 6) is 0.340. The maximum absolute atomic E-state index is 12.0. The summed E-state index contributed by atoms with van der Waals surface area (Å²) in [6.07, 6.45) is 1.02. The van der Waals surface area contributed by atoms with E-state index < -0.39 is 6.09 Å². The van der Waals surface area contributed by atoms with E-state index in [0.717, 1.165) is 24.0 Å². The van der Waals surface area contributed by atoms with Crippen LogP contribution >= 0.6 is 0 Å². The Morgan fingerprint density at radius 3 is 2.44 bits per heavy atom. The molecule has 0 saturated carbocycles. The molecule has 1 amide bonds. The second-order valence-electron chi connectivity index (χ2n) is 6.32. The number of piperidine rings is 1. The fourth-order valence-corrected chi connectivity index (χ4v) is 3.03. The normalized spacial score (nSPS) is 15.7. The van der Waals surface area contributed by atoms with Gasteiger partial charge in [-0.1, -0.05) is 23.8 Å². The molecule has 3 N–H and O–H groups in total. The first kappa shape index (κ1) is 17.1. The predicted molar refractivity (Wildman–Crippen MR) is 94.6 cm³/mol. The summed E-state index contributed by atoms with van der Waals surface area (Å²) in [6, 6.07) is 12.2. The van der Waals surface area contributed by atoms with Crippen molar-refractivity contribution < 1.29 is 19.8 Å². The molecule has 0 aromatic heterocycles. The quantitative estimate of drug-likeness (QED) is 0.791. The van der Waals surface area contributed by atoms with E-state index in [4.69, 9.17) is 4.84 Å². The molecule has 6 nitrogen and oxygen atoms in total.